The number of carbonyl (C=O) groups excluding carboxylic acids is 1. The van der Waals surface area contributed by atoms with Crippen molar-refractivity contribution in [2.24, 2.45) is 0 Å². The molecule has 4 nitrogen and oxygen atoms in total. The molecule has 0 amide bonds. The first-order valence-electron chi connectivity index (χ1n) is 6.64. The number of nitrogen functional groups attached to an aromatic ring is 1. The normalized spacial score (nSPS) is 12.0. The van der Waals surface area contributed by atoms with Gasteiger partial charge in [-0.25, -0.2) is 0 Å². The topological polar surface area (TPSA) is 68.9 Å². The molecule has 0 aliphatic rings. The summed E-state index contributed by atoms with van der Waals surface area (Å²) < 4.78 is 0.690. The number of rotatable bonds is 5. The summed E-state index contributed by atoms with van der Waals surface area (Å²) >= 11 is 2.67. The van der Waals surface area contributed by atoms with E-state index in [1.165, 1.54) is 23.1 Å². The molecule has 0 unspecified atom stereocenters. The highest BCUT2D eigenvalue weighted by Gasteiger charge is 2.24. The van der Waals surface area contributed by atoms with Gasteiger partial charge in [0, 0.05) is 5.56 Å². The lowest BCUT2D eigenvalue weighted by Gasteiger charge is -2.14. The SMILES string of the molecule is Nc1nnc(S[C@@H](C(=O)c2ccccc2)c2ccccc2)s1. The van der Waals surface area contributed by atoms with Gasteiger partial charge in [0.25, 0.3) is 0 Å². The Labute approximate surface area is 136 Å². The quantitative estimate of drug-likeness (QED) is 0.569. The van der Waals surface area contributed by atoms with Gasteiger partial charge in [-0.1, -0.05) is 83.8 Å². The number of Topliss-reactive ketones (excluding diaryl/α,β-unsaturated/α-hetero) is 1. The zero-order chi connectivity index (χ0) is 15.4. The highest BCUT2D eigenvalue weighted by Crippen LogP contribution is 2.39. The van der Waals surface area contributed by atoms with Crippen LogP contribution in [-0.4, -0.2) is 16.0 Å². The van der Waals surface area contributed by atoms with Crippen LogP contribution in [0.25, 0.3) is 0 Å². The number of nitrogens with zero attached hydrogens (tertiary/aromatic N) is 2. The Morgan fingerprint density at radius 2 is 1.64 bits per heavy atom. The first kappa shape index (κ1) is 14.7. The van der Waals surface area contributed by atoms with Crippen LogP contribution in [0.4, 0.5) is 5.13 Å². The fraction of sp³-hybridized carbons (Fsp3) is 0.0625. The molecule has 0 aliphatic heterocycles. The maximum Gasteiger partial charge on any atom is 0.203 e. The first-order valence-corrected chi connectivity index (χ1v) is 8.33. The highest BCUT2D eigenvalue weighted by molar-refractivity contribution is 8.02. The molecule has 1 heterocycles. The molecule has 2 aromatic carbocycles. The van der Waals surface area contributed by atoms with Gasteiger partial charge >= 0.3 is 0 Å². The predicted molar refractivity (Wildman–Crippen MR) is 90.1 cm³/mol. The standard InChI is InChI=1S/C16H13N3OS2/c17-15-18-19-16(22-15)21-14(12-9-5-2-6-10-12)13(20)11-7-3-1-4-8-11/h1-10,14H,(H2,17,18)/t14-/m1/s1. The molecular weight excluding hydrogens is 314 g/mol. The van der Waals surface area contributed by atoms with E-state index in [0.717, 1.165) is 5.56 Å². The van der Waals surface area contributed by atoms with E-state index >= 15 is 0 Å². The van der Waals surface area contributed by atoms with Crippen molar-refractivity contribution in [1.82, 2.24) is 10.2 Å². The zero-order valence-electron chi connectivity index (χ0n) is 11.5. The molecule has 110 valence electrons. The number of nitrogens with two attached hydrogens (primary N) is 1. The van der Waals surface area contributed by atoms with E-state index in [1.807, 2.05) is 60.7 Å². The summed E-state index contributed by atoms with van der Waals surface area (Å²) in [6, 6.07) is 19.0. The van der Waals surface area contributed by atoms with Crippen molar-refractivity contribution in [3.8, 4) is 0 Å². The van der Waals surface area contributed by atoms with Crippen molar-refractivity contribution in [1.29, 1.82) is 0 Å². The van der Waals surface area contributed by atoms with E-state index in [9.17, 15) is 4.79 Å². The summed E-state index contributed by atoms with van der Waals surface area (Å²) in [6.07, 6.45) is 0. The van der Waals surface area contributed by atoms with E-state index in [0.29, 0.717) is 15.0 Å². The Kier molecular flexibility index (Phi) is 4.50. The van der Waals surface area contributed by atoms with Crippen LogP contribution in [0, 0.1) is 0 Å². The molecule has 2 N–H and O–H groups in total. The van der Waals surface area contributed by atoms with Crippen molar-refractivity contribution < 1.29 is 4.79 Å². The smallest absolute Gasteiger partial charge is 0.203 e. The maximum absolute atomic E-state index is 12.9. The van der Waals surface area contributed by atoms with Gasteiger partial charge in [0.15, 0.2) is 10.1 Å². The monoisotopic (exact) mass is 327 g/mol. The molecule has 3 rings (SSSR count). The molecule has 1 aromatic heterocycles. The summed E-state index contributed by atoms with van der Waals surface area (Å²) in [4.78, 5) is 12.9. The minimum atomic E-state index is -0.365. The lowest BCUT2D eigenvalue weighted by atomic mass is 10.0. The molecule has 0 saturated heterocycles. The Morgan fingerprint density at radius 1 is 1.00 bits per heavy atom. The summed E-state index contributed by atoms with van der Waals surface area (Å²) in [7, 11) is 0. The molecule has 22 heavy (non-hydrogen) atoms. The van der Waals surface area contributed by atoms with Crippen LogP contribution in [0.5, 0.6) is 0 Å². The number of carbonyl (C=O) groups is 1. The second kappa shape index (κ2) is 6.72. The molecular formula is C16H13N3OS2. The third kappa shape index (κ3) is 3.35. The van der Waals surface area contributed by atoms with E-state index in [4.69, 9.17) is 5.73 Å². The summed E-state index contributed by atoms with van der Waals surface area (Å²) in [6.45, 7) is 0. The van der Waals surface area contributed by atoms with E-state index < -0.39 is 0 Å². The van der Waals surface area contributed by atoms with Gasteiger partial charge in [0.1, 0.15) is 0 Å². The molecule has 0 spiro atoms. The number of aromatic nitrogens is 2. The number of hydrogen-bond acceptors (Lipinski definition) is 6. The Hall–Kier alpha value is -2.18. The highest BCUT2D eigenvalue weighted by atomic mass is 32.2. The summed E-state index contributed by atoms with van der Waals surface area (Å²) in [5.74, 6) is 0.0468. The number of thioether (sulfide) groups is 1. The lowest BCUT2D eigenvalue weighted by Crippen LogP contribution is -2.09. The largest absolute Gasteiger partial charge is 0.374 e. The van der Waals surface area contributed by atoms with Crippen molar-refractivity contribution in [2.75, 3.05) is 5.73 Å². The van der Waals surface area contributed by atoms with Crippen molar-refractivity contribution in [3.05, 3.63) is 71.8 Å². The van der Waals surface area contributed by atoms with Crippen LogP contribution in [0.2, 0.25) is 0 Å². The predicted octanol–water partition coefficient (Wildman–Crippen LogP) is 3.84. The van der Waals surface area contributed by atoms with Crippen LogP contribution in [0.15, 0.2) is 65.0 Å². The van der Waals surface area contributed by atoms with Gasteiger partial charge < -0.3 is 5.73 Å². The lowest BCUT2D eigenvalue weighted by molar-refractivity contribution is 0.0989. The Balaban J connectivity index is 1.94. The van der Waals surface area contributed by atoms with Gasteiger partial charge in [-0.2, -0.15) is 0 Å². The maximum atomic E-state index is 12.9. The van der Waals surface area contributed by atoms with Gasteiger partial charge in [0.05, 0.1) is 5.25 Å². The summed E-state index contributed by atoms with van der Waals surface area (Å²) in [5, 5.41) is 7.86. The van der Waals surface area contributed by atoms with E-state index in [1.54, 1.807) is 0 Å². The van der Waals surface area contributed by atoms with Crippen LogP contribution in [0.1, 0.15) is 21.2 Å². The fourth-order valence-electron chi connectivity index (χ4n) is 2.02. The Morgan fingerprint density at radius 3 is 2.23 bits per heavy atom. The molecule has 0 radical (unpaired) electrons. The fourth-order valence-corrected chi connectivity index (χ4v) is 3.93. The molecule has 0 bridgehead atoms. The molecule has 3 aromatic rings. The van der Waals surface area contributed by atoms with Gasteiger partial charge in [-0.05, 0) is 5.56 Å². The summed E-state index contributed by atoms with van der Waals surface area (Å²) in [5.41, 5.74) is 7.25. The van der Waals surface area contributed by atoms with Crippen LogP contribution in [-0.2, 0) is 0 Å². The zero-order valence-corrected chi connectivity index (χ0v) is 13.2. The van der Waals surface area contributed by atoms with Crippen LogP contribution >= 0.6 is 23.1 Å². The minimum Gasteiger partial charge on any atom is -0.374 e. The molecule has 6 heteroatoms. The average molecular weight is 327 g/mol. The average Bonchev–Trinajstić information content (AvgIpc) is 2.99. The molecule has 0 saturated carbocycles. The number of anilines is 1. The van der Waals surface area contributed by atoms with Gasteiger partial charge in [-0.3, -0.25) is 4.79 Å². The number of benzene rings is 2. The second-order valence-corrected chi connectivity index (χ2v) is 6.91. The molecule has 0 fully saturated rings. The van der Waals surface area contributed by atoms with Crippen molar-refractivity contribution in [2.45, 2.75) is 9.59 Å². The Bertz CT molecular complexity index is 759. The first-order chi connectivity index (χ1) is 10.7. The van der Waals surface area contributed by atoms with Crippen LogP contribution < -0.4 is 5.73 Å². The van der Waals surface area contributed by atoms with E-state index in [2.05, 4.69) is 10.2 Å². The molecule has 0 aliphatic carbocycles. The van der Waals surface area contributed by atoms with Gasteiger partial charge in [0.2, 0.25) is 5.13 Å². The van der Waals surface area contributed by atoms with Crippen LogP contribution in [0.3, 0.4) is 0 Å². The third-order valence-corrected chi connectivity index (χ3v) is 5.13. The minimum absolute atomic E-state index is 0.0468. The van der Waals surface area contributed by atoms with Gasteiger partial charge in [-0.15, -0.1) is 10.2 Å². The van der Waals surface area contributed by atoms with Crippen molar-refractivity contribution >= 4 is 34.0 Å². The number of hydrogen-bond donors (Lipinski definition) is 1. The van der Waals surface area contributed by atoms with Crippen molar-refractivity contribution in [3.63, 3.8) is 0 Å². The third-order valence-electron chi connectivity index (χ3n) is 3.04. The second-order valence-electron chi connectivity index (χ2n) is 4.55. The molecule has 1 atom stereocenters. The number of ketones is 1. The van der Waals surface area contributed by atoms with E-state index in [-0.39, 0.29) is 11.0 Å².